The molecule has 0 aliphatic carbocycles. The predicted molar refractivity (Wildman–Crippen MR) is 76.3 cm³/mol. The number of thiazole rings is 1. The summed E-state index contributed by atoms with van der Waals surface area (Å²) in [7, 11) is 0. The minimum absolute atomic E-state index is 0.272. The monoisotopic (exact) mass is 269 g/mol. The van der Waals surface area contributed by atoms with Gasteiger partial charge in [-0.1, -0.05) is 13.8 Å². The van der Waals surface area contributed by atoms with Gasteiger partial charge >= 0.3 is 0 Å². The minimum atomic E-state index is 0.272. The number of hydrogen-bond donors (Lipinski definition) is 1. The number of ether oxygens (including phenoxy) is 1. The fourth-order valence-electron chi connectivity index (χ4n) is 2.24. The topological polar surface area (TPSA) is 51.4 Å². The fraction of sp³-hybridized carbons (Fsp3) is 0.769. The van der Waals surface area contributed by atoms with Crippen LogP contribution in [-0.4, -0.2) is 30.3 Å². The third-order valence-corrected chi connectivity index (χ3v) is 4.43. The number of anilines is 1. The zero-order chi connectivity index (χ0) is 13.3. The molecule has 18 heavy (non-hydrogen) atoms. The summed E-state index contributed by atoms with van der Waals surface area (Å²) in [5, 5.41) is 1.10. The van der Waals surface area contributed by atoms with E-state index in [1.807, 2.05) is 0 Å². The van der Waals surface area contributed by atoms with E-state index in [-0.39, 0.29) is 6.10 Å². The second-order valence-electron chi connectivity index (χ2n) is 5.31. The molecule has 4 nitrogen and oxygen atoms in total. The Morgan fingerprint density at radius 3 is 2.78 bits per heavy atom. The molecule has 2 N–H and O–H groups in total. The van der Waals surface area contributed by atoms with E-state index in [9.17, 15) is 0 Å². The van der Waals surface area contributed by atoms with E-state index in [2.05, 4.69) is 32.6 Å². The molecule has 0 bridgehead atoms. The van der Waals surface area contributed by atoms with Gasteiger partial charge in [0.25, 0.3) is 0 Å². The molecule has 0 aromatic carbocycles. The maximum Gasteiger partial charge on any atom is 0.186 e. The first-order valence-electron chi connectivity index (χ1n) is 6.60. The first kappa shape index (κ1) is 13.8. The van der Waals surface area contributed by atoms with Crippen molar-refractivity contribution in [1.29, 1.82) is 0 Å². The molecule has 2 atom stereocenters. The first-order valence-corrected chi connectivity index (χ1v) is 7.42. The highest BCUT2D eigenvalue weighted by molar-refractivity contribution is 7.15. The van der Waals surface area contributed by atoms with Crippen LogP contribution in [-0.2, 0) is 11.3 Å². The molecule has 0 amide bonds. The molecule has 5 heteroatoms. The summed E-state index contributed by atoms with van der Waals surface area (Å²) >= 11 is 1.73. The average molecular weight is 269 g/mol. The molecule has 2 rings (SSSR count). The summed E-state index contributed by atoms with van der Waals surface area (Å²) in [6, 6.07) is 0.387. The van der Waals surface area contributed by atoms with E-state index in [0.717, 1.165) is 24.0 Å². The zero-order valence-electron chi connectivity index (χ0n) is 11.6. The molecular weight excluding hydrogens is 246 g/mol. The van der Waals surface area contributed by atoms with E-state index >= 15 is 0 Å². The van der Waals surface area contributed by atoms with Crippen molar-refractivity contribution in [2.24, 2.45) is 5.73 Å². The van der Waals surface area contributed by atoms with Gasteiger partial charge in [-0.2, -0.15) is 0 Å². The van der Waals surface area contributed by atoms with Gasteiger partial charge in [-0.3, -0.25) is 0 Å². The van der Waals surface area contributed by atoms with Crippen molar-refractivity contribution in [3.8, 4) is 0 Å². The van der Waals surface area contributed by atoms with Crippen molar-refractivity contribution in [2.45, 2.75) is 52.3 Å². The summed E-state index contributed by atoms with van der Waals surface area (Å²) in [5.74, 6) is 0.433. The Labute approximate surface area is 113 Å². The Balaban J connectivity index is 2.27. The van der Waals surface area contributed by atoms with Crippen LogP contribution in [0.1, 0.15) is 44.2 Å². The van der Waals surface area contributed by atoms with Crippen LogP contribution in [0.4, 0.5) is 5.13 Å². The molecule has 1 fully saturated rings. The lowest BCUT2D eigenvalue weighted by Crippen LogP contribution is -2.47. The van der Waals surface area contributed by atoms with Gasteiger partial charge < -0.3 is 15.4 Å². The summed E-state index contributed by atoms with van der Waals surface area (Å²) in [5.41, 5.74) is 6.98. The number of hydrogen-bond acceptors (Lipinski definition) is 5. The van der Waals surface area contributed by atoms with E-state index in [1.54, 1.807) is 11.3 Å². The fourth-order valence-corrected chi connectivity index (χ4v) is 3.45. The van der Waals surface area contributed by atoms with Gasteiger partial charge in [-0.05, 0) is 19.8 Å². The molecular formula is C13H23N3OS. The molecule has 1 saturated heterocycles. The third kappa shape index (κ3) is 2.68. The van der Waals surface area contributed by atoms with Crippen LogP contribution in [0, 0.1) is 0 Å². The molecule has 1 aromatic heterocycles. The van der Waals surface area contributed by atoms with Crippen LogP contribution < -0.4 is 10.6 Å². The van der Waals surface area contributed by atoms with Gasteiger partial charge in [0.05, 0.1) is 24.4 Å². The summed E-state index contributed by atoms with van der Waals surface area (Å²) in [6.45, 7) is 10.9. The van der Waals surface area contributed by atoms with Crippen molar-refractivity contribution in [3.63, 3.8) is 0 Å². The highest BCUT2D eigenvalue weighted by Crippen LogP contribution is 2.32. The van der Waals surface area contributed by atoms with Crippen molar-refractivity contribution in [2.75, 3.05) is 18.1 Å². The van der Waals surface area contributed by atoms with Crippen molar-refractivity contribution in [1.82, 2.24) is 4.98 Å². The quantitative estimate of drug-likeness (QED) is 0.915. The normalized spacial score (nSPS) is 24.9. The lowest BCUT2D eigenvalue weighted by molar-refractivity contribution is 0.0343. The lowest BCUT2D eigenvalue weighted by Gasteiger charge is -2.36. The number of rotatable bonds is 3. The Bertz CT molecular complexity index is 405. The molecule has 102 valence electrons. The average Bonchev–Trinajstić information content (AvgIpc) is 2.76. The van der Waals surface area contributed by atoms with Crippen LogP contribution in [0.25, 0.3) is 0 Å². The second-order valence-corrected chi connectivity index (χ2v) is 6.37. The smallest absolute Gasteiger partial charge is 0.186 e. The number of aromatic nitrogens is 1. The minimum Gasteiger partial charge on any atom is -0.375 e. The molecule has 0 radical (unpaired) electrons. The van der Waals surface area contributed by atoms with E-state index in [1.165, 1.54) is 4.88 Å². The van der Waals surface area contributed by atoms with Crippen LogP contribution >= 0.6 is 11.3 Å². The Morgan fingerprint density at radius 1 is 1.50 bits per heavy atom. The van der Waals surface area contributed by atoms with Crippen molar-refractivity contribution < 1.29 is 4.74 Å². The van der Waals surface area contributed by atoms with Crippen molar-refractivity contribution >= 4 is 16.5 Å². The standard InChI is InChI=1S/C13H23N3OS/c1-8(2)12-11(5-14)18-13(15-12)16-6-10(4)17-7-9(16)3/h8-10H,5-7,14H2,1-4H3. The van der Waals surface area contributed by atoms with Gasteiger partial charge in [0.15, 0.2) is 5.13 Å². The summed E-state index contributed by atoms with van der Waals surface area (Å²) in [6.07, 6.45) is 0.272. The highest BCUT2D eigenvalue weighted by Gasteiger charge is 2.27. The summed E-state index contributed by atoms with van der Waals surface area (Å²) in [4.78, 5) is 8.36. The molecule has 1 aliphatic rings. The lowest BCUT2D eigenvalue weighted by atomic mass is 10.1. The molecule has 0 spiro atoms. The van der Waals surface area contributed by atoms with Gasteiger partial charge in [0.2, 0.25) is 0 Å². The van der Waals surface area contributed by atoms with Crippen LogP contribution in [0.3, 0.4) is 0 Å². The van der Waals surface area contributed by atoms with Crippen LogP contribution in [0.15, 0.2) is 0 Å². The van der Waals surface area contributed by atoms with E-state index in [0.29, 0.717) is 18.5 Å². The second kappa shape index (κ2) is 5.55. The Hall–Kier alpha value is -0.650. The summed E-state index contributed by atoms with van der Waals surface area (Å²) < 4.78 is 5.66. The zero-order valence-corrected chi connectivity index (χ0v) is 12.5. The highest BCUT2D eigenvalue weighted by atomic mass is 32.1. The first-order chi connectivity index (χ1) is 8.52. The maximum atomic E-state index is 5.82. The number of nitrogens with zero attached hydrogens (tertiary/aromatic N) is 2. The van der Waals surface area contributed by atoms with E-state index in [4.69, 9.17) is 15.5 Å². The van der Waals surface area contributed by atoms with Gasteiger partial charge in [-0.15, -0.1) is 11.3 Å². The Morgan fingerprint density at radius 2 is 2.22 bits per heavy atom. The Kier molecular flexibility index (Phi) is 4.25. The van der Waals surface area contributed by atoms with Gasteiger partial charge in [0.1, 0.15) is 0 Å². The molecule has 0 saturated carbocycles. The molecule has 2 unspecified atom stereocenters. The molecule has 2 heterocycles. The number of nitrogens with two attached hydrogens (primary N) is 1. The van der Waals surface area contributed by atoms with Gasteiger partial charge in [0, 0.05) is 18.0 Å². The molecule has 1 aliphatic heterocycles. The van der Waals surface area contributed by atoms with Crippen molar-refractivity contribution in [3.05, 3.63) is 10.6 Å². The van der Waals surface area contributed by atoms with Gasteiger partial charge in [-0.25, -0.2) is 4.98 Å². The third-order valence-electron chi connectivity index (χ3n) is 3.30. The molecule has 1 aromatic rings. The maximum absolute atomic E-state index is 5.82. The largest absolute Gasteiger partial charge is 0.375 e. The van der Waals surface area contributed by atoms with Crippen LogP contribution in [0.2, 0.25) is 0 Å². The van der Waals surface area contributed by atoms with E-state index < -0.39 is 0 Å². The predicted octanol–water partition coefficient (Wildman–Crippen LogP) is 2.34. The SMILES string of the molecule is CC1CN(c2nc(C(C)C)c(CN)s2)C(C)CO1. The number of morpholine rings is 1. The van der Waals surface area contributed by atoms with Crippen LogP contribution in [0.5, 0.6) is 0 Å².